The lowest BCUT2D eigenvalue weighted by atomic mass is 10.0. The van der Waals surface area contributed by atoms with Crippen molar-refractivity contribution in [1.29, 1.82) is 0 Å². The second-order valence-electron chi connectivity index (χ2n) is 7.19. The number of ether oxygens (including phenoxy) is 1. The van der Waals surface area contributed by atoms with E-state index in [2.05, 4.69) is 10.3 Å². The van der Waals surface area contributed by atoms with Crippen LogP contribution >= 0.6 is 11.6 Å². The van der Waals surface area contributed by atoms with Crippen molar-refractivity contribution in [1.82, 2.24) is 14.6 Å². The number of aromatic nitrogens is 1. The van der Waals surface area contributed by atoms with Crippen molar-refractivity contribution in [3.63, 3.8) is 0 Å². The summed E-state index contributed by atoms with van der Waals surface area (Å²) >= 11 is 5.89. The molecule has 29 heavy (non-hydrogen) atoms. The zero-order valence-electron chi connectivity index (χ0n) is 16.3. The predicted molar refractivity (Wildman–Crippen MR) is 111 cm³/mol. The Morgan fingerprint density at radius 1 is 1.28 bits per heavy atom. The number of sulfonamides is 1. The van der Waals surface area contributed by atoms with Crippen LogP contribution in [-0.2, 0) is 21.2 Å². The van der Waals surface area contributed by atoms with E-state index in [9.17, 15) is 13.2 Å². The van der Waals surface area contributed by atoms with E-state index >= 15 is 0 Å². The monoisotopic (exact) mass is 439 g/mol. The van der Waals surface area contributed by atoms with Crippen LogP contribution in [0.2, 0.25) is 5.02 Å². The molecule has 1 amide bonds. The van der Waals surface area contributed by atoms with Crippen molar-refractivity contribution >= 4 is 27.7 Å². The molecule has 0 unspecified atom stereocenters. The molecule has 0 radical (unpaired) electrons. The van der Waals surface area contributed by atoms with E-state index in [1.54, 1.807) is 12.1 Å². The van der Waals surface area contributed by atoms with Crippen LogP contribution < -0.4 is 5.32 Å². The van der Waals surface area contributed by atoms with Gasteiger partial charge in [-0.15, -0.1) is 0 Å². The van der Waals surface area contributed by atoms with Crippen LogP contribution in [0, 0.1) is 0 Å². The first-order valence-electron chi connectivity index (χ1n) is 9.70. The number of carbonyl (C=O) groups is 1. The molecule has 2 N–H and O–H groups in total. The molecule has 0 aliphatic carbocycles. The topological polar surface area (TPSA) is 91.5 Å². The van der Waals surface area contributed by atoms with E-state index in [1.807, 2.05) is 25.3 Å². The van der Waals surface area contributed by atoms with Gasteiger partial charge < -0.3 is 15.0 Å². The number of piperidine rings is 1. The molecule has 1 aliphatic rings. The maximum absolute atomic E-state index is 13.2. The number of amides is 1. The molecule has 0 spiro atoms. The number of carbonyl (C=O) groups excluding carboxylic acids is 1. The molecular weight excluding hydrogens is 414 g/mol. The van der Waals surface area contributed by atoms with Gasteiger partial charge in [-0.3, -0.25) is 0 Å². The summed E-state index contributed by atoms with van der Waals surface area (Å²) in [5.74, 6) is 0. The lowest BCUT2D eigenvalue weighted by molar-refractivity contribution is 0.0894. The molecule has 1 aromatic carbocycles. The lowest BCUT2D eigenvalue weighted by Crippen LogP contribution is -2.51. The van der Waals surface area contributed by atoms with E-state index < -0.39 is 22.2 Å². The molecular formula is C20H26ClN3O4S. The lowest BCUT2D eigenvalue weighted by Gasteiger charge is -2.39. The number of rotatable bonds is 7. The smallest absolute Gasteiger partial charge is 0.407 e. The van der Waals surface area contributed by atoms with Crippen molar-refractivity contribution in [3.8, 4) is 0 Å². The molecule has 1 fully saturated rings. The summed E-state index contributed by atoms with van der Waals surface area (Å²) in [7, 11) is -3.71. The van der Waals surface area contributed by atoms with Crippen molar-refractivity contribution in [2.24, 2.45) is 0 Å². The fourth-order valence-electron chi connectivity index (χ4n) is 3.63. The van der Waals surface area contributed by atoms with Gasteiger partial charge >= 0.3 is 6.09 Å². The summed E-state index contributed by atoms with van der Waals surface area (Å²) < 4.78 is 33.2. The minimum atomic E-state index is -3.71. The maximum Gasteiger partial charge on any atom is 0.407 e. The fraction of sp³-hybridized carbons (Fsp3) is 0.450. The molecule has 2 atom stereocenters. The summed E-state index contributed by atoms with van der Waals surface area (Å²) in [6, 6.07) is 9.40. The molecule has 3 rings (SSSR count). The summed E-state index contributed by atoms with van der Waals surface area (Å²) in [5, 5.41) is 3.18. The Hall–Kier alpha value is -2.03. The van der Waals surface area contributed by atoms with E-state index in [4.69, 9.17) is 16.3 Å². The highest BCUT2D eigenvalue weighted by atomic mass is 35.5. The van der Waals surface area contributed by atoms with Crippen LogP contribution in [0.25, 0.3) is 0 Å². The van der Waals surface area contributed by atoms with E-state index in [0.717, 1.165) is 18.5 Å². The molecule has 7 nitrogen and oxygen atoms in total. The van der Waals surface area contributed by atoms with Gasteiger partial charge in [-0.1, -0.05) is 18.0 Å². The number of nitrogens with one attached hydrogen (secondary N) is 2. The third-order valence-electron chi connectivity index (χ3n) is 5.08. The Morgan fingerprint density at radius 2 is 2.03 bits per heavy atom. The molecule has 1 saturated heterocycles. The Bertz CT molecular complexity index is 900. The van der Waals surface area contributed by atoms with Crippen LogP contribution in [0.15, 0.2) is 47.5 Å². The third-order valence-corrected chi connectivity index (χ3v) is 7.41. The highest BCUT2D eigenvalue weighted by Crippen LogP contribution is 2.30. The second kappa shape index (κ2) is 9.65. The molecule has 0 saturated carbocycles. The van der Waals surface area contributed by atoms with Crippen LogP contribution in [0.3, 0.4) is 0 Å². The summed E-state index contributed by atoms with van der Waals surface area (Å²) in [6.45, 7) is 2.34. The fourth-order valence-corrected chi connectivity index (χ4v) is 5.61. The average Bonchev–Trinajstić information content (AvgIpc) is 3.20. The molecule has 1 aromatic heterocycles. The first-order valence-corrected chi connectivity index (χ1v) is 11.5. The number of halogens is 1. The largest absolute Gasteiger partial charge is 0.448 e. The van der Waals surface area contributed by atoms with E-state index in [1.165, 1.54) is 16.4 Å². The second-order valence-corrected chi connectivity index (χ2v) is 9.47. The first kappa shape index (κ1) is 21.7. The summed E-state index contributed by atoms with van der Waals surface area (Å²) in [5.41, 5.74) is 1.02. The highest BCUT2D eigenvalue weighted by molar-refractivity contribution is 7.89. The molecule has 158 valence electrons. The van der Waals surface area contributed by atoms with Crippen LogP contribution in [0.5, 0.6) is 0 Å². The molecule has 1 aliphatic heterocycles. The van der Waals surface area contributed by atoms with Crippen LogP contribution in [-0.4, -0.2) is 49.0 Å². The summed E-state index contributed by atoms with van der Waals surface area (Å²) in [6.07, 6.45) is 4.25. The Morgan fingerprint density at radius 3 is 2.72 bits per heavy atom. The molecule has 2 aromatic rings. The van der Waals surface area contributed by atoms with Gasteiger partial charge in [0.2, 0.25) is 10.0 Å². The standard InChI is InChI=1S/C20H26ClN3O4S/c1-15-4-2-6-18(14-28-20(25)23-13-11-17-5-3-12-22-17)24(15)29(26,27)19-9-7-16(21)8-10-19/h3,5,7-10,12,15,18,22H,2,4,6,11,13-14H2,1H3,(H,23,25)/t15-,18-/m1/s1. The van der Waals surface area contributed by atoms with Crippen molar-refractivity contribution in [2.45, 2.75) is 49.6 Å². The number of nitrogens with zero attached hydrogens (tertiary/aromatic N) is 1. The van der Waals surface area contributed by atoms with Crippen molar-refractivity contribution in [2.75, 3.05) is 13.2 Å². The van der Waals surface area contributed by atoms with Gasteiger partial charge in [0.15, 0.2) is 0 Å². The Kier molecular flexibility index (Phi) is 7.21. The number of hydrogen-bond donors (Lipinski definition) is 2. The minimum Gasteiger partial charge on any atom is -0.448 e. The van der Waals surface area contributed by atoms with Gasteiger partial charge in [-0.05, 0) is 56.2 Å². The Labute approximate surface area is 176 Å². The normalized spacial score (nSPS) is 20.3. The average molecular weight is 440 g/mol. The molecule has 9 heteroatoms. The predicted octanol–water partition coefficient (Wildman–Crippen LogP) is 3.57. The molecule has 2 heterocycles. The highest BCUT2D eigenvalue weighted by Gasteiger charge is 2.38. The van der Waals surface area contributed by atoms with Crippen molar-refractivity contribution in [3.05, 3.63) is 53.3 Å². The quantitative estimate of drug-likeness (QED) is 0.689. The van der Waals surface area contributed by atoms with Gasteiger partial charge in [-0.2, -0.15) is 4.31 Å². The number of H-pyrrole nitrogens is 1. The zero-order valence-corrected chi connectivity index (χ0v) is 17.9. The van der Waals surface area contributed by atoms with E-state index in [-0.39, 0.29) is 17.5 Å². The van der Waals surface area contributed by atoms with Crippen LogP contribution in [0.1, 0.15) is 31.9 Å². The SMILES string of the molecule is C[C@@H]1CCC[C@H](COC(=O)NCCc2ccc[nH]2)N1S(=O)(=O)c1ccc(Cl)cc1. The van der Waals surface area contributed by atoms with Gasteiger partial charge in [0.1, 0.15) is 6.61 Å². The van der Waals surface area contributed by atoms with E-state index in [0.29, 0.717) is 24.4 Å². The number of hydrogen-bond acceptors (Lipinski definition) is 4. The zero-order chi connectivity index (χ0) is 20.9. The molecule has 0 bridgehead atoms. The van der Waals surface area contributed by atoms with Crippen molar-refractivity contribution < 1.29 is 17.9 Å². The van der Waals surface area contributed by atoms with Gasteiger partial charge in [0.25, 0.3) is 0 Å². The maximum atomic E-state index is 13.2. The number of alkyl carbamates (subject to hydrolysis) is 1. The minimum absolute atomic E-state index is 0.0193. The Balaban J connectivity index is 1.60. The number of benzene rings is 1. The van der Waals surface area contributed by atoms with Gasteiger partial charge in [-0.25, -0.2) is 13.2 Å². The van der Waals surface area contributed by atoms with Gasteiger partial charge in [0.05, 0.1) is 10.9 Å². The van der Waals surface area contributed by atoms with Crippen LogP contribution in [0.4, 0.5) is 4.79 Å². The van der Waals surface area contributed by atoms with Gasteiger partial charge in [0, 0.05) is 35.9 Å². The first-order chi connectivity index (χ1) is 13.9. The summed E-state index contributed by atoms with van der Waals surface area (Å²) in [4.78, 5) is 15.3. The third kappa shape index (κ3) is 5.52. The number of aromatic amines is 1.